The number of sulfone groups is 1. The molecule has 0 radical (unpaired) electrons. The molecule has 0 heterocycles. The van der Waals surface area contributed by atoms with E-state index in [1.54, 1.807) is 6.07 Å². The zero-order chi connectivity index (χ0) is 15.3. The van der Waals surface area contributed by atoms with E-state index >= 15 is 0 Å². The second-order valence-electron chi connectivity index (χ2n) is 4.82. The summed E-state index contributed by atoms with van der Waals surface area (Å²) in [5, 5.41) is 1.76. The summed E-state index contributed by atoms with van der Waals surface area (Å²) in [4.78, 5) is 11.3. The van der Waals surface area contributed by atoms with Crippen molar-refractivity contribution in [2.45, 2.75) is 13.3 Å². The van der Waals surface area contributed by atoms with Crippen LogP contribution in [0.5, 0.6) is 5.75 Å². The van der Waals surface area contributed by atoms with Gasteiger partial charge in [0.05, 0.1) is 17.1 Å². The molecule has 0 saturated heterocycles. The third-order valence-electron chi connectivity index (χ3n) is 3.22. The lowest BCUT2D eigenvalue weighted by Crippen LogP contribution is -2.17. The monoisotopic (exact) mass is 306 g/mol. The number of carbonyl (C=O) groups excluding carboxylic acids is 1. The zero-order valence-corrected chi connectivity index (χ0v) is 12.7. The van der Waals surface area contributed by atoms with Crippen molar-refractivity contribution in [2.75, 3.05) is 18.1 Å². The van der Waals surface area contributed by atoms with Crippen LogP contribution in [0.4, 0.5) is 0 Å². The lowest BCUT2D eigenvalue weighted by Gasteiger charge is -2.10. The number of hydrogen-bond donors (Lipinski definition) is 0. The molecule has 2 aromatic rings. The van der Waals surface area contributed by atoms with Gasteiger partial charge in [-0.25, -0.2) is 8.42 Å². The Kier molecular flexibility index (Phi) is 4.96. The van der Waals surface area contributed by atoms with E-state index in [1.165, 1.54) is 0 Å². The molecule has 0 aromatic heterocycles. The molecule has 0 fully saturated rings. The summed E-state index contributed by atoms with van der Waals surface area (Å²) in [6, 6.07) is 11.1. The van der Waals surface area contributed by atoms with Crippen LogP contribution in [0.3, 0.4) is 0 Å². The van der Waals surface area contributed by atoms with Gasteiger partial charge in [0.2, 0.25) is 0 Å². The first-order valence-electron chi connectivity index (χ1n) is 6.87. The first-order chi connectivity index (χ1) is 10.1. The van der Waals surface area contributed by atoms with Gasteiger partial charge in [0, 0.05) is 0 Å². The minimum atomic E-state index is -3.08. The highest BCUT2D eigenvalue weighted by Gasteiger charge is 2.12. The molecule has 4 nitrogen and oxygen atoms in total. The minimum absolute atomic E-state index is 0.0358. The number of aldehydes is 1. The summed E-state index contributed by atoms with van der Waals surface area (Å²) in [5.74, 6) is 0.552. The van der Waals surface area contributed by atoms with E-state index in [4.69, 9.17) is 4.74 Å². The molecule has 2 aromatic carbocycles. The summed E-state index contributed by atoms with van der Waals surface area (Å²) in [5.41, 5.74) is 0.459. The van der Waals surface area contributed by atoms with E-state index in [-0.39, 0.29) is 18.1 Å². The molecular weight excluding hydrogens is 288 g/mol. The molecule has 5 heteroatoms. The third-order valence-corrected chi connectivity index (χ3v) is 5.03. The SMILES string of the molecule is CCCS(=O)(=O)CCOc1ccc2ccccc2c1C=O. The lowest BCUT2D eigenvalue weighted by atomic mass is 10.0. The zero-order valence-electron chi connectivity index (χ0n) is 11.9. The molecule has 0 aliphatic heterocycles. The molecule has 0 N–H and O–H groups in total. The number of benzene rings is 2. The molecule has 0 bridgehead atoms. The van der Waals surface area contributed by atoms with Gasteiger partial charge in [0.25, 0.3) is 0 Å². The van der Waals surface area contributed by atoms with E-state index in [2.05, 4.69) is 0 Å². The van der Waals surface area contributed by atoms with E-state index in [0.29, 0.717) is 17.7 Å². The smallest absolute Gasteiger partial charge is 0.154 e. The highest BCUT2D eigenvalue weighted by molar-refractivity contribution is 7.91. The van der Waals surface area contributed by atoms with Gasteiger partial charge in [-0.1, -0.05) is 37.3 Å². The second-order valence-corrected chi connectivity index (χ2v) is 7.12. The fraction of sp³-hybridized carbons (Fsp3) is 0.312. The maximum atomic E-state index is 11.6. The first kappa shape index (κ1) is 15.5. The molecule has 0 aliphatic rings. The summed E-state index contributed by atoms with van der Waals surface area (Å²) in [6.07, 6.45) is 1.34. The fourth-order valence-corrected chi connectivity index (χ4v) is 3.38. The molecule has 0 amide bonds. The Balaban J connectivity index is 2.17. The molecular formula is C16H18O4S. The van der Waals surface area contributed by atoms with Crippen molar-refractivity contribution < 1.29 is 17.9 Å². The number of rotatable bonds is 7. The van der Waals surface area contributed by atoms with Crippen molar-refractivity contribution in [1.29, 1.82) is 0 Å². The van der Waals surface area contributed by atoms with Crippen LogP contribution in [0.25, 0.3) is 10.8 Å². The van der Waals surface area contributed by atoms with Gasteiger partial charge >= 0.3 is 0 Å². The van der Waals surface area contributed by atoms with Gasteiger partial charge in [-0.15, -0.1) is 0 Å². The van der Waals surface area contributed by atoms with E-state index in [9.17, 15) is 13.2 Å². The topological polar surface area (TPSA) is 60.4 Å². The van der Waals surface area contributed by atoms with Crippen molar-refractivity contribution in [3.05, 3.63) is 42.0 Å². The second kappa shape index (κ2) is 6.72. The van der Waals surface area contributed by atoms with Crippen molar-refractivity contribution in [3.63, 3.8) is 0 Å². The molecule has 2 rings (SSSR count). The maximum Gasteiger partial charge on any atom is 0.154 e. The Morgan fingerprint density at radius 3 is 2.57 bits per heavy atom. The van der Waals surface area contributed by atoms with Gasteiger partial charge < -0.3 is 4.74 Å². The predicted molar refractivity (Wildman–Crippen MR) is 83.8 cm³/mol. The summed E-state index contributed by atoms with van der Waals surface area (Å²) >= 11 is 0. The molecule has 0 spiro atoms. The third kappa shape index (κ3) is 3.82. The molecule has 0 aliphatic carbocycles. The Hall–Kier alpha value is -1.88. The fourth-order valence-electron chi connectivity index (χ4n) is 2.21. The highest BCUT2D eigenvalue weighted by atomic mass is 32.2. The quantitative estimate of drug-likeness (QED) is 0.738. The van der Waals surface area contributed by atoms with E-state index < -0.39 is 9.84 Å². The first-order valence-corrected chi connectivity index (χ1v) is 8.69. The molecule has 0 unspecified atom stereocenters. The Morgan fingerprint density at radius 1 is 1.10 bits per heavy atom. The summed E-state index contributed by atoms with van der Waals surface area (Å²) < 4.78 is 28.8. The van der Waals surface area contributed by atoms with Crippen LogP contribution < -0.4 is 4.74 Å². The Morgan fingerprint density at radius 2 is 1.86 bits per heavy atom. The maximum absolute atomic E-state index is 11.6. The van der Waals surface area contributed by atoms with Crippen LogP contribution in [0.2, 0.25) is 0 Å². The van der Waals surface area contributed by atoms with Crippen molar-refractivity contribution >= 4 is 26.9 Å². The van der Waals surface area contributed by atoms with Crippen LogP contribution >= 0.6 is 0 Å². The van der Waals surface area contributed by atoms with Crippen LogP contribution in [0.15, 0.2) is 36.4 Å². The highest BCUT2D eigenvalue weighted by Crippen LogP contribution is 2.26. The minimum Gasteiger partial charge on any atom is -0.492 e. The molecule has 0 atom stereocenters. The van der Waals surface area contributed by atoms with E-state index in [1.807, 2.05) is 37.3 Å². The molecule has 21 heavy (non-hydrogen) atoms. The van der Waals surface area contributed by atoms with Gasteiger partial charge in [-0.3, -0.25) is 4.79 Å². The number of ether oxygens (including phenoxy) is 1. The largest absolute Gasteiger partial charge is 0.492 e. The number of fused-ring (bicyclic) bond motifs is 1. The molecule has 0 saturated carbocycles. The summed E-state index contributed by atoms with van der Waals surface area (Å²) in [6.45, 7) is 1.88. The van der Waals surface area contributed by atoms with Crippen LogP contribution in [0.1, 0.15) is 23.7 Å². The van der Waals surface area contributed by atoms with Crippen LogP contribution in [-0.4, -0.2) is 32.8 Å². The van der Waals surface area contributed by atoms with E-state index in [0.717, 1.165) is 17.1 Å². The number of carbonyl (C=O) groups is 1. The van der Waals surface area contributed by atoms with Crippen molar-refractivity contribution in [3.8, 4) is 5.75 Å². The average Bonchev–Trinajstić information content (AvgIpc) is 2.46. The summed E-state index contributed by atoms with van der Waals surface area (Å²) in [7, 11) is -3.08. The van der Waals surface area contributed by atoms with Crippen molar-refractivity contribution in [2.24, 2.45) is 0 Å². The van der Waals surface area contributed by atoms with Gasteiger partial charge in [-0.05, 0) is 23.3 Å². The predicted octanol–water partition coefficient (Wildman–Crippen LogP) is 2.86. The Bertz CT molecular complexity index is 735. The van der Waals surface area contributed by atoms with Crippen LogP contribution in [0, 0.1) is 0 Å². The normalized spacial score (nSPS) is 11.5. The van der Waals surface area contributed by atoms with Gasteiger partial charge in [0.15, 0.2) is 16.1 Å². The van der Waals surface area contributed by atoms with Gasteiger partial charge in [0.1, 0.15) is 12.4 Å². The molecule has 112 valence electrons. The lowest BCUT2D eigenvalue weighted by molar-refractivity contribution is 0.112. The number of hydrogen-bond acceptors (Lipinski definition) is 4. The van der Waals surface area contributed by atoms with Crippen molar-refractivity contribution in [1.82, 2.24) is 0 Å². The average molecular weight is 306 g/mol. The van der Waals surface area contributed by atoms with Gasteiger partial charge in [-0.2, -0.15) is 0 Å². The Labute approximate surface area is 124 Å². The van der Waals surface area contributed by atoms with Crippen LogP contribution in [-0.2, 0) is 9.84 Å². The standard InChI is InChI=1S/C16H18O4S/c1-2-10-21(18,19)11-9-20-16-8-7-13-5-3-4-6-14(13)15(16)12-17/h3-8,12H,2,9-11H2,1H3.